The summed E-state index contributed by atoms with van der Waals surface area (Å²) in [5, 5.41) is 23.9. The van der Waals surface area contributed by atoms with E-state index in [1.165, 1.54) is 0 Å². The summed E-state index contributed by atoms with van der Waals surface area (Å²) in [7, 11) is 0. The average molecular weight is 256 g/mol. The van der Waals surface area contributed by atoms with E-state index in [0.717, 1.165) is 0 Å². The van der Waals surface area contributed by atoms with Crippen LogP contribution in [-0.2, 0) is 15.9 Å². The summed E-state index contributed by atoms with van der Waals surface area (Å²) < 4.78 is 28.0. The molecule has 0 heterocycles. The van der Waals surface area contributed by atoms with Crippen LogP contribution in [0.3, 0.4) is 0 Å². The quantitative estimate of drug-likeness (QED) is 0.696. The summed E-state index contributed by atoms with van der Waals surface area (Å²) in [4.78, 5) is 0. The van der Waals surface area contributed by atoms with Gasteiger partial charge in [0.15, 0.2) is 17.4 Å². The second-order valence-electron chi connectivity index (χ2n) is 6.54. The zero-order chi connectivity index (χ0) is 14.5. The molecule has 1 aromatic rings. The van der Waals surface area contributed by atoms with Gasteiger partial charge in [0, 0.05) is 5.56 Å². The van der Waals surface area contributed by atoms with Gasteiger partial charge in [0.05, 0.1) is 0 Å². The molecule has 0 aliphatic carbocycles. The highest BCUT2D eigenvalue weighted by molar-refractivity contribution is 5.55. The van der Waals surface area contributed by atoms with Crippen LogP contribution >= 0.6 is 0 Å². The van der Waals surface area contributed by atoms with Crippen molar-refractivity contribution in [2.75, 3.05) is 0 Å². The Morgan fingerprint density at radius 1 is 0.833 bits per heavy atom. The van der Waals surface area contributed by atoms with Crippen LogP contribution in [0.4, 0.5) is 8.78 Å². The van der Waals surface area contributed by atoms with Crippen LogP contribution in [0.1, 0.15) is 52.7 Å². The maximum Gasteiger partial charge on any atom is 0.178 e. The van der Waals surface area contributed by atoms with Crippen LogP contribution in [0.25, 0.3) is 0 Å². The van der Waals surface area contributed by atoms with Crippen LogP contribution in [0, 0.1) is 11.6 Å². The summed E-state index contributed by atoms with van der Waals surface area (Å²) in [5.74, 6) is -4.27. The molecule has 0 aliphatic rings. The topological polar surface area (TPSA) is 43.0 Å². The lowest BCUT2D eigenvalue weighted by atomic mass is 9.80. The van der Waals surface area contributed by atoms with Crippen molar-refractivity contribution in [1.29, 1.82) is 0 Å². The highest BCUT2D eigenvalue weighted by Crippen LogP contribution is 2.45. The van der Waals surface area contributed by atoms with E-state index < -0.39 is 34.0 Å². The Bertz CT molecular complexity index is 406. The second-order valence-corrected chi connectivity index (χ2v) is 6.54. The van der Waals surface area contributed by atoms with Crippen LogP contribution in [0.2, 0.25) is 0 Å². The van der Waals surface area contributed by atoms with Crippen molar-refractivity contribution in [3.8, 4) is 11.5 Å². The van der Waals surface area contributed by atoms with Gasteiger partial charge in [-0.1, -0.05) is 47.3 Å². The lowest BCUT2D eigenvalue weighted by Crippen LogP contribution is -2.22. The SMILES string of the molecule is CC(C)(C)c1c([O])c([O-])c(C(C)(C)C)c(F)c1F. The molecule has 2 nitrogen and oxygen atoms in total. The largest absolute Gasteiger partial charge is 0.870 e. The van der Waals surface area contributed by atoms with Crippen molar-refractivity contribution in [2.24, 2.45) is 0 Å². The fourth-order valence-electron chi connectivity index (χ4n) is 1.99. The van der Waals surface area contributed by atoms with Gasteiger partial charge in [-0.05, 0) is 16.4 Å². The van der Waals surface area contributed by atoms with E-state index in [0.29, 0.717) is 0 Å². The Morgan fingerprint density at radius 3 is 1.50 bits per heavy atom. The number of benzene rings is 1. The van der Waals surface area contributed by atoms with E-state index in [4.69, 9.17) is 0 Å². The first-order valence-corrected chi connectivity index (χ1v) is 5.79. The lowest BCUT2D eigenvalue weighted by Gasteiger charge is -2.30. The molecule has 4 heteroatoms. The third-order valence-corrected chi connectivity index (χ3v) is 2.79. The van der Waals surface area contributed by atoms with Gasteiger partial charge in [0.25, 0.3) is 0 Å². The fraction of sp³-hybridized carbons (Fsp3) is 0.571. The first-order chi connectivity index (χ1) is 7.89. The molecule has 1 aromatic carbocycles. The van der Waals surface area contributed by atoms with Gasteiger partial charge >= 0.3 is 0 Å². The Labute approximate surface area is 106 Å². The standard InChI is InChI=1S/C14H19F2O2/c1-13(2,3)7-9(15)10(16)8(14(4,5)6)12(18)11(7)17/h17H,1-6H3/p-1. The highest BCUT2D eigenvalue weighted by atomic mass is 19.2. The smallest absolute Gasteiger partial charge is 0.178 e. The minimum absolute atomic E-state index is 0.377. The summed E-state index contributed by atoms with van der Waals surface area (Å²) in [6, 6.07) is 0. The Morgan fingerprint density at radius 2 is 1.17 bits per heavy atom. The van der Waals surface area contributed by atoms with Crippen LogP contribution in [0.5, 0.6) is 11.5 Å². The fourth-order valence-corrected chi connectivity index (χ4v) is 1.99. The summed E-state index contributed by atoms with van der Waals surface area (Å²) in [5.41, 5.74) is -2.56. The highest BCUT2D eigenvalue weighted by Gasteiger charge is 2.32. The average Bonchev–Trinajstić information content (AvgIpc) is 2.10. The van der Waals surface area contributed by atoms with Crippen molar-refractivity contribution in [3.05, 3.63) is 22.8 Å². The summed E-state index contributed by atoms with van der Waals surface area (Å²) in [6.07, 6.45) is 0. The maximum absolute atomic E-state index is 14.0. The monoisotopic (exact) mass is 256 g/mol. The molecule has 0 amide bonds. The molecule has 0 saturated carbocycles. The summed E-state index contributed by atoms with van der Waals surface area (Å²) in [6.45, 7) is 9.43. The molecule has 0 aromatic heterocycles. The number of hydrogen-bond acceptors (Lipinski definition) is 1. The normalized spacial score (nSPS) is 12.9. The van der Waals surface area contributed by atoms with Crippen LogP contribution in [-0.4, -0.2) is 0 Å². The van der Waals surface area contributed by atoms with E-state index in [9.17, 15) is 19.0 Å². The molecule has 0 atom stereocenters. The van der Waals surface area contributed by atoms with Gasteiger partial charge in [0.1, 0.15) is 0 Å². The molecule has 101 valence electrons. The minimum atomic E-state index is -1.20. The number of halogens is 2. The molecular weight excluding hydrogens is 238 g/mol. The lowest BCUT2D eigenvalue weighted by molar-refractivity contribution is -0.273. The Balaban J connectivity index is 3.79. The summed E-state index contributed by atoms with van der Waals surface area (Å²) >= 11 is 0. The van der Waals surface area contributed by atoms with Crippen molar-refractivity contribution in [3.63, 3.8) is 0 Å². The molecule has 1 radical (unpaired) electrons. The predicted octanol–water partition coefficient (Wildman–Crippen LogP) is 3.78. The zero-order valence-corrected chi connectivity index (χ0v) is 11.6. The van der Waals surface area contributed by atoms with Gasteiger partial charge < -0.3 is 5.11 Å². The van der Waals surface area contributed by atoms with Crippen LogP contribution < -0.4 is 5.11 Å². The molecular formula is C14H18F2O2-. The molecule has 0 unspecified atom stereocenters. The predicted molar refractivity (Wildman–Crippen MR) is 63.3 cm³/mol. The van der Waals surface area contributed by atoms with Crippen molar-refractivity contribution in [2.45, 2.75) is 52.4 Å². The Kier molecular flexibility index (Phi) is 3.36. The van der Waals surface area contributed by atoms with Gasteiger partial charge in [-0.25, -0.2) is 8.78 Å². The molecule has 0 bridgehead atoms. The second kappa shape index (κ2) is 4.11. The van der Waals surface area contributed by atoms with E-state index in [2.05, 4.69) is 0 Å². The van der Waals surface area contributed by atoms with E-state index >= 15 is 0 Å². The first kappa shape index (κ1) is 14.7. The van der Waals surface area contributed by atoms with Gasteiger partial charge in [-0.3, -0.25) is 5.11 Å². The van der Waals surface area contributed by atoms with Crippen molar-refractivity contribution >= 4 is 0 Å². The van der Waals surface area contributed by atoms with Gasteiger partial charge in [-0.2, -0.15) is 0 Å². The molecule has 0 aliphatic heterocycles. The maximum atomic E-state index is 14.0. The minimum Gasteiger partial charge on any atom is -0.870 e. The number of rotatable bonds is 0. The van der Waals surface area contributed by atoms with Gasteiger partial charge in [-0.15, -0.1) is 0 Å². The first-order valence-electron chi connectivity index (χ1n) is 5.79. The molecule has 0 N–H and O–H groups in total. The Hall–Kier alpha value is -1.32. The van der Waals surface area contributed by atoms with E-state index in [1.54, 1.807) is 41.5 Å². The van der Waals surface area contributed by atoms with Gasteiger partial charge in [0.2, 0.25) is 0 Å². The third kappa shape index (κ3) is 2.28. The van der Waals surface area contributed by atoms with Crippen molar-refractivity contribution in [1.82, 2.24) is 0 Å². The molecule has 1 rings (SSSR count). The number of hydrogen-bond donors (Lipinski definition) is 0. The molecule has 0 fully saturated rings. The van der Waals surface area contributed by atoms with E-state index in [-0.39, 0.29) is 11.1 Å². The molecule has 0 saturated heterocycles. The third-order valence-electron chi connectivity index (χ3n) is 2.79. The zero-order valence-electron chi connectivity index (χ0n) is 11.6. The van der Waals surface area contributed by atoms with Crippen LogP contribution in [0.15, 0.2) is 0 Å². The van der Waals surface area contributed by atoms with Crippen molar-refractivity contribution < 1.29 is 19.0 Å². The van der Waals surface area contributed by atoms with E-state index in [1.807, 2.05) is 0 Å². The molecule has 18 heavy (non-hydrogen) atoms. The molecule has 0 spiro atoms.